The van der Waals surface area contributed by atoms with Gasteiger partial charge in [-0.2, -0.15) is 13.2 Å². The molecule has 8 nitrogen and oxygen atoms in total. The second-order valence-electron chi connectivity index (χ2n) is 7.25. The van der Waals surface area contributed by atoms with Crippen LogP contribution in [0.4, 0.5) is 24.5 Å². The number of aromatic nitrogens is 3. The highest BCUT2D eigenvalue weighted by molar-refractivity contribution is 6.12. The fourth-order valence-corrected chi connectivity index (χ4v) is 3.27. The summed E-state index contributed by atoms with van der Waals surface area (Å²) in [5.74, 6) is -0.682. The Balaban J connectivity index is 1.54. The van der Waals surface area contributed by atoms with Crippen molar-refractivity contribution in [1.29, 1.82) is 0 Å². The van der Waals surface area contributed by atoms with E-state index in [1.54, 1.807) is 36.4 Å². The Morgan fingerprint density at radius 3 is 2.43 bits per heavy atom. The lowest BCUT2D eigenvalue weighted by atomic mass is 10.1. The van der Waals surface area contributed by atoms with Crippen molar-refractivity contribution in [2.75, 3.05) is 17.7 Å². The highest BCUT2D eigenvalue weighted by Gasteiger charge is 2.34. The number of methoxy groups -OCH3 is 1. The lowest BCUT2D eigenvalue weighted by Gasteiger charge is -2.12. The first-order valence-electron chi connectivity index (χ1n) is 10.2. The number of amides is 2. The molecule has 3 aromatic carbocycles. The number of nitrogens with zero attached hydrogens (tertiary/aromatic N) is 3. The van der Waals surface area contributed by atoms with E-state index in [-0.39, 0.29) is 22.6 Å². The summed E-state index contributed by atoms with van der Waals surface area (Å²) < 4.78 is 46.0. The van der Waals surface area contributed by atoms with Crippen molar-refractivity contribution in [3.63, 3.8) is 0 Å². The summed E-state index contributed by atoms with van der Waals surface area (Å²) in [7, 11) is 1.50. The molecule has 0 radical (unpaired) electrons. The van der Waals surface area contributed by atoms with Crippen molar-refractivity contribution in [1.82, 2.24) is 15.0 Å². The van der Waals surface area contributed by atoms with E-state index in [9.17, 15) is 22.8 Å². The number of halogens is 3. The largest absolute Gasteiger partial charge is 0.497 e. The van der Waals surface area contributed by atoms with Crippen LogP contribution in [0.1, 0.15) is 26.4 Å². The molecule has 1 aromatic heterocycles. The van der Waals surface area contributed by atoms with Gasteiger partial charge in [-0.1, -0.05) is 35.5 Å². The SMILES string of the molecule is COc1cccc(NC(=O)c2ccccc2NC(=O)c2cn(-c3ccccc3C(F)(F)F)nn2)c1. The van der Waals surface area contributed by atoms with Crippen LogP contribution in [0.15, 0.2) is 79.0 Å². The molecule has 0 bridgehead atoms. The molecule has 4 rings (SSSR count). The first-order chi connectivity index (χ1) is 16.8. The fraction of sp³-hybridized carbons (Fsp3) is 0.0833. The van der Waals surface area contributed by atoms with Crippen LogP contribution in [0, 0.1) is 0 Å². The van der Waals surface area contributed by atoms with Crippen LogP contribution < -0.4 is 15.4 Å². The van der Waals surface area contributed by atoms with Crippen LogP contribution in [0.25, 0.3) is 5.69 Å². The molecule has 1 heterocycles. The second kappa shape index (κ2) is 9.67. The minimum absolute atomic E-state index is 0.165. The molecule has 0 saturated carbocycles. The number of hydrogen-bond acceptors (Lipinski definition) is 5. The van der Waals surface area contributed by atoms with Gasteiger partial charge in [-0.05, 0) is 36.4 Å². The first kappa shape index (κ1) is 23.5. The van der Waals surface area contributed by atoms with Gasteiger partial charge in [0.1, 0.15) is 5.75 Å². The normalized spacial score (nSPS) is 11.1. The van der Waals surface area contributed by atoms with Gasteiger partial charge in [0, 0.05) is 11.8 Å². The van der Waals surface area contributed by atoms with Crippen LogP contribution in [-0.4, -0.2) is 33.9 Å². The number of hydrogen-bond donors (Lipinski definition) is 2. The molecule has 4 aromatic rings. The van der Waals surface area contributed by atoms with E-state index in [1.807, 2.05) is 0 Å². The van der Waals surface area contributed by atoms with Gasteiger partial charge in [0.05, 0.1) is 35.8 Å². The van der Waals surface area contributed by atoms with Gasteiger partial charge in [-0.15, -0.1) is 5.10 Å². The highest BCUT2D eigenvalue weighted by Crippen LogP contribution is 2.33. The number of anilines is 2. The Labute approximate surface area is 197 Å². The zero-order valence-electron chi connectivity index (χ0n) is 18.2. The summed E-state index contributed by atoms with van der Waals surface area (Å²) in [4.78, 5) is 25.6. The van der Waals surface area contributed by atoms with E-state index in [0.29, 0.717) is 11.4 Å². The molecule has 0 unspecified atom stereocenters. The molecule has 0 spiro atoms. The first-order valence-corrected chi connectivity index (χ1v) is 10.2. The van der Waals surface area contributed by atoms with Gasteiger partial charge >= 0.3 is 6.18 Å². The molecule has 11 heteroatoms. The predicted molar refractivity (Wildman–Crippen MR) is 122 cm³/mol. The third kappa shape index (κ3) is 5.29. The zero-order valence-corrected chi connectivity index (χ0v) is 18.2. The minimum atomic E-state index is -4.61. The Hall–Kier alpha value is -4.67. The maximum absolute atomic E-state index is 13.3. The summed E-state index contributed by atoms with van der Waals surface area (Å²) >= 11 is 0. The smallest absolute Gasteiger partial charge is 0.418 e. The number of nitrogens with one attached hydrogen (secondary N) is 2. The van der Waals surface area contributed by atoms with Gasteiger partial charge in [-0.3, -0.25) is 9.59 Å². The number of carbonyl (C=O) groups is 2. The van der Waals surface area contributed by atoms with Crippen LogP contribution in [0.2, 0.25) is 0 Å². The van der Waals surface area contributed by atoms with Crippen molar-refractivity contribution >= 4 is 23.2 Å². The van der Waals surface area contributed by atoms with E-state index >= 15 is 0 Å². The molecule has 0 atom stereocenters. The van der Waals surface area contributed by atoms with E-state index in [2.05, 4.69) is 20.9 Å². The van der Waals surface area contributed by atoms with Crippen molar-refractivity contribution < 1.29 is 27.5 Å². The van der Waals surface area contributed by atoms with Gasteiger partial charge in [0.15, 0.2) is 5.69 Å². The molecule has 2 N–H and O–H groups in total. The molecule has 35 heavy (non-hydrogen) atoms. The molecule has 0 fully saturated rings. The molecular weight excluding hydrogens is 463 g/mol. The lowest BCUT2D eigenvalue weighted by Crippen LogP contribution is -2.18. The standard InChI is InChI=1S/C24H18F3N5O3/c1-35-16-8-6-7-15(13-16)28-22(33)17-9-2-4-11-19(17)29-23(34)20-14-32(31-30-20)21-12-5-3-10-18(21)24(25,26)27/h2-14H,1H3,(H,28,33)(H,29,34). The third-order valence-electron chi connectivity index (χ3n) is 4.93. The Morgan fingerprint density at radius 2 is 1.66 bits per heavy atom. The quantitative estimate of drug-likeness (QED) is 0.412. The average molecular weight is 481 g/mol. The summed E-state index contributed by atoms with van der Waals surface area (Å²) in [6.45, 7) is 0. The minimum Gasteiger partial charge on any atom is -0.497 e. The molecule has 178 valence electrons. The lowest BCUT2D eigenvalue weighted by molar-refractivity contribution is -0.137. The Bertz CT molecular complexity index is 1380. The fourth-order valence-electron chi connectivity index (χ4n) is 3.27. The number of rotatable bonds is 6. The van der Waals surface area contributed by atoms with Crippen molar-refractivity contribution in [3.8, 4) is 11.4 Å². The monoisotopic (exact) mass is 481 g/mol. The number of para-hydroxylation sites is 2. The molecule has 2 amide bonds. The molecule has 0 saturated heterocycles. The van der Waals surface area contributed by atoms with Gasteiger partial charge in [0.2, 0.25) is 0 Å². The van der Waals surface area contributed by atoms with E-state index in [4.69, 9.17) is 4.74 Å². The van der Waals surface area contributed by atoms with Crippen LogP contribution in [0.3, 0.4) is 0 Å². The molecule has 0 aliphatic carbocycles. The van der Waals surface area contributed by atoms with Crippen molar-refractivity contribution in [3.05, 3.63) is 95.8 Å². The second-order valence-corrected chi connectivity index (χ2v) is 7.25. The summed E-state index contributed by atoms with van der Waals surface area (Å²) in [6.07, 6.45) is -3.53. The number of benzene rings is 3. The average Bonchev–Trinajstić information content (AvgIpc) is 3.34. The summed E-state index contributed by atoms with van der Waals surface area (Å²) in [5, 5.41) is 12.6. The van der Waals surface area contributed by atoms with Gasteiger partial charge in [-0.25, -0.2) is 4.68 Å². The molecule has 0 aliphatic rings. The van der Waals surface area contributed by atoms with Crippen LogP contribution in [0.5, 0.6) is 5.75 Å². The summed E-state index contributed by atoms with van der Waals surface area (Å²) in [5.41, 5.74) is -0.589. The number of ether oxygens (including phenoxy) is 1. The Kier molecular flexibility index (Phi) is 6.49. The number of alkyl halides is 3. The van der Waals surface area contributed by atoms with Crippen LogP contribution in [-0.2, 0) is 6.18 Å². The van der Waals surface area contributed by atoms with Crippen molar-refractivity contribution in [2.45, 2.75) is 6.18 Å². The topological polar surface area (TPSA) is 98.1 Å². The van der Waals surface area contributed by atoms with E-state index in [0.717, 1.165) is 16.9 Å². The van der Waals surface area contributed by atoms with Crippen LogP contribution >= 0.6 is 0 Å². The number of carbonyl (C=O) groups excluding carboxylic acids is 2. The van der Waals surface area contributed by atoms with Crippen molar-refractivity contribution in [2.24, 2.45) is 0 Å². The Morgan fingerprint density at radius 1 is 0.914 bits per heavy atom. The highest BCUT2D eigenvalue weighted by atomic mass is 19.4. The zero-order chi connectivity index (χ0) is 25.0. The maximum Gasteiger partial charge on any atom is 0.418 e. The van der Waals surface area contributed by atoms with Gasteiger partial charge in [0.25, 0.3) is 11.8 Å². The van der Waals surface area contributed by atoms with E-state index in [1.165, 1.54) is 37.4 Å². The molecule has 0 aliphatic heterocycles. The van der Waals surface area contributed by atoms with Gasteiger partial charge < -0.3 is 15.4 Å². The third-order valence-corrected chi connectivity index (χ3v) is 4.93. The predicted octanol–water partition coefficient (Wildman–Crippen LogP) is 4.80. The summed E-state index contributed by atoms with van der Waals surface area (Å²) in [6, 6.07) is 17.8. The maximum atomic E-state index is 13.3. The molecular formula is C24H18F3N5O3. The van der Waals surface area contributed by atoms with E-state index < -0.39 is 23.6 Å².